The molecule has 0 fully saturated rings. The van der Waals surface area contributed by atoms with E-state index in [9.17, 15) is 4.79 Å². The molecule has 1 aromatic heterocycles. The quantitative estimate of drug-likeness (QED) is 0.670. The summed E-state index contributed by atoms with van der Waals surface area (Å²) in [5.74, 6) is -1.75. The lowest BCUT2D eigenvalue weighted by Crippen LogP contribution is -2.10. The molecular weight excluding hydrogens is 202 g/mol. The number of aliphatic hydroxyl groups is 1. The van der Waals surface area contributed by atoms with Gasteiger partial charge in [-0.2, -0.15) is 0 Å². The number of phenolic OH excluding ortho intramolecular Hbond substituents is 1. The van der Waals surface area contributed by atoms with Crippen LogP contribution in [0.5, 0.6) is 5.75 Å². The highest BCUT2D eigenvalue weighted by Gasteiger charge is 2.22. The molecule has 0 bridgehead atoms. The van der Waals surface area contributed by atoms with Crippen LogP contribution in [-0.2, 0) is 4.79 Å². The van der Waals surface area contributed by atoms with Crippen LogP contribution >= 0.6 is 0 Å². The van der Waals surface area contributed by atoms with E-state index in [1.54, 1.807) is 0 Å². The van der Waals surface area contributed by atoms with Gasteiger partial charge in [0.2, 0.25) is 12.0 Å². The van der Waals surface area contributed by atoms with Crippen LogP contribution in [0.15, 0.2) is 22.6 Å². The minimum atomic E-state index is -1.79. The molecule has 6 nitrogen and oxygen atoms in total. The maximum atomic E-state index is 10.4. The van der Waals surface area contributed by atoms with Gasteiger partial charge in [0.25, 0.3) is 0 Å². The van der Waals surface area contributed by atoms with Crippen LogP contribution in [0.25, 0.3) is 11.1 Å². The van der Waals surface area contributed by atoms with Crippen molar-refractivity contribution in [3.05, 3.63) is 24.1 Å². The number of aromatic hydroxyl groups is 1. The zero-order valence-electron chi connectivity index (χ0n) is 7.41. The van der Waals surface area contributed by atoms with E-state index < -0.39 is 12.1 Å². The molecule has 2 aromatic rings. The number of fused-ring (bicyclic) bond motifs is 1. The van der Waals surface area contributed by atoms with Crippen molar-refractivity contribution in [2.45, 2.75) is 6.10 Å². The van der Waals surface area contributed by atoms with Gasteiger partial charge in [-0.1, -0.05) is 0 Å². The van der Waals surface area contributed by atoms with E-state index in [0.717, 1.165) is 0 Å². The lowest BCUT2D eigenvalue weighted by Gasteiger charge is -1.96. The fourth-order valence-corrected chi connectivity index (χ4v) is 1.16. The number of aliphatic hydroxyl groups excluding tert-OH is 1. The summed E-state index contributed by atoms with van der Waals surface area (Å²) in [5.41, 5.74) is 0.605. The van der Waals surface area contributed by atoms with Crippen molar-refractivity contribution in [3.8, 4) is 5.75 Å². The van der Waals surface area contributed by atoms with Crippen LogP contribution < -0.4 is 0 Å². The summed E-state index contributed by atoms with van der Waals surface area (Å²) >= 11 is 0. The molecule has 0 aliphatic heterocycles. The smallest absolute Gasteiger partial charge is 0.342 e. The second kappa shape index (κ2) is 3.25. The fraction of sp³-hybridized carbons (Fsp3) is 0.111. The van der Waals surface area contributed by atoms with Gasteiger partial charge in [-0.3, -0.25) is 0 Å². The van der Waals surface area contributed by atoms with Crippen LogP contribution in [0, 0.1) is 0 Å². The predicted octanol–water partition coefficient (Wildman–Crippen LogP) is 0.651. The van der Waals surface area contributed by atoms with E-state index in [1.165, 1.54) is 18.2 Å². The van der Waals surface area contributed by atoms with Gasteiger partial charge in [0.05, 0.1) is 0 Å². The average molecular weight is 209 g/mol. The molecule has 0 saturated carbocycles. The average Bonchev–Trinajstić information content (AvgIpc) is 2.58. The molecule has 15 heavy (non-hydrogen) atoms. The van der Waals surface area contributed by atoms with Gasteiger partial charge < -0.3 is 19.7 Å². The maximum absolute atomic E-state index is 10.4. The Morgan fingerprint density at radius 1 is 1.47 bits per heavy atom. The van der Waals surface area contributed by atoms with Crippen LogP contribution in [-0.4, -0.2) is 26.3 Å². The second-order valence-electron chi connectivity index (χ2n) is 2.94. The molecule has 0 amide bonds. The first-order valence-electron chi connectivity index (χ1n) is 4.08. The van der Waals surface area contributed by atoms with E-state index in [2.05, 4.69) is 4.98 Å². The molecule has 0 aliphatic rings. The third-order valence-corrected chi connectivity index (χ3v) is 1.86. The minimum Gasteiger partial charge on any atom is -0.508 e. The third-order valence-electron chi connectivity index (χ3n) is 1.86. The Morgan fingerprint density at radius 3 is 2.87 bits per heavy atom. The van der Waals surface area contributed by atoms with E-state index in [-0.39, 0.29) is 11.6 Å². The van der Waals surface area contributed by atoms with Gasteiger partial charge in [-0.25, -0.2) is 9.78 Å². The van der Waals surface area contributed by atoms with E-state index >= 15 is 0 Å². The molecule has 1 aromatic carbocycles. The molecule has 78 valence electrons. The molecule has 6 heteroatoms. The lowest BCUT2D eigenvalue weighted by atomic mass is 10.3. The summed E-state index contributed by atoms with van der Waals surface area (Å²) in [4.78, 5) is 14.2. The van der Waals surface area contributed by atoms with Crippen molar-refractivity contribution in [1.29, 1.82) is 0 Å². The molecule has 0 radical (unpaired) electrons. The van der Waals surface area contributed by atoms with Crippen molar-refractivity contribution < 1.29 is 24.5 Å². The number of aromatic nitrogens is 1. The summed E-state index contributed by atoms with van der Waals surface area (Å²) in [6.45, 7) is 0. The Labute approximate surface area is 83.4 Å². The molecule has 3 N–H and O–H groups in total. The predicted molar refractivity (Wildman–Crippen MR) is 48.3 cm³/mol. The van der Waals surface area contributed by atoms with Crippen molar-refractivity contribution >= 4 is 17.1 Å². The topological polar surface area (TPSA) is 104 Å². The van der Waals surface area contributed by atoms with Crippen molar-refractivity contribution in [1.82, 2.24) is 4.98 Å². The number of hydrogen-bond donors (Lipinski definition) is 3. The molecule has 0 spiro atoms. The first kappa shape index (κ1) is 9.47. The first-order chi connectivity index (χ1) is 7.08. The second-order valence-corrected chi connectivity index (χ2v) is 2.94. The molecule has 1 atom stereocenters. The van der Waals surface area contributed by atoms with E-state index in [0.29, 0.717) is 11.1 Å². The molecule has 1 unspecified atom stereocenters. The van der Waals surface area contributed by atoms with Gasteiger partial charge in [0, 0.05) is 6.07 Å². The minimum absolute atomic E-state index is 0.00725. The van der Waals surface area contributed by atoms with Crippen molar-refractivity contribution in [2.75, 3.05) is 0 Å². The largest absolute Gasteiger partial charge is 0.508 e. The van der Waals surface area contributed by atoms with Gasteiger partial charge in [-0.05, 0) is 12.1 Å². The summed E-state index contributed by atoms with van der Waals surface area (Å²) in [7, 11) is 0. The highest BCUT2D eigenvalue weighted by molar-refractivity contribution is 5.77. The number of nitrogens with zero attached hydrogens (tertiary/aromatic N) is 1. The monoisotopic (exact) mass is 209 g/mol. The highest BCUT2D eigenvalue weighted by Crippen LogP contribution is 2.23. The Balaban J connectivity index is 2.51. The summed E-state index contributed by atoms with van der Waals surface area (Å²) in [6.07, 6.45) is -1.79. The number of aliphatic carboxylic acids is 1. The standard InChI is InChI=1S/C9H7NO5/c11-4-1-2-6-5(3-4)10-8(15-6)7(12)9(13)14/h1-3,7,11-12H,(H,13,14). The summed E-state index contributed by atoms with van der Waals surface area (Å²) in [6, 6.07) is 4.14. The number of hydrogen-bond acceptors (Lipinski definition) is 5. The molecule has 1 heterocycles. The number of carbonyl (C=O) groups is 1. The highest BCUT2D eigenvalue weighted by atomic mass is 16.4. The molecule has 0 aliphatic carbocycles. The normalized spacial score (nSPS) is 12.9. The summed E-state index contributed by atoms with van der Waals surface area (Å²) < 4.78 is 4.99. The van der Waals surface area contributed by atoms with Gasteiger partial charge in [-0.15, -0.1) is 0 Å². The number of rotatable bonds is 2. The zero-order chi connectivity index (χ0) is 11.0. The molecule has 2 rings (SSSR count). The maximum Gasteiger partial charge on any atom is 0.342 e. The Bertz CT molecular complexity index is 518. The number of oxazole rings is 1. The number of carboxylic acids is 1. The van der Waals surface area contributed by atoms with Crippen LogP contribution in [0.2, 0.25) is 0 Å². The van der Waals surface area contributed by atoms with Gasteiger partial charge in [0.1, 0.15) is 11.3 Å². The van der Waals surface area contributed by atoms with Gasteiger partial charge in [0.15, 0.2) is 5.58 Å². The zero-order valence-corrected chi connectivity index (χ0v) is 7.41. The van der Waals surface area contributed by atoms with Crippen LogP contribution in [0.4, 0.5) is 0 Å². The van der Waals surface area contributed by atoms with Crippen LogP contribution in [0.1, 0.15) is 12.0 Å². The van der Waals surface area contributed by atoms with Crippen LogP contribution in [0.3, 0.4) is 0 Å². The number of benzene rings is 1. The molecule has 0 saturated heterocycles. The van der Waals surface area contributed by atoms with Crippen molar-refractivity contribution in [2.24, 2.45) is 0 Å². The summed E-state index contributed by atoms with van der Waals surface area (Å²) in [5, 5.41) is 26.8. The Morgan fingerprint density at radius 2 is 2.20 bits per heavy atom. The molecular formula is C9H7NO5. The number of phenols is 1. The van der Waals surface area contributed by atoms with E-state index in [4.69, 9.17) is 19.7 Å². The van der Waals surface area contributed by atoms with Crippen molar-refractivity contribution in [3.63, 3.8) is 0 Å². The SMILES string of the molecule is O=C(O)C(O)c1nc2cc(O)ccc2o1. The van der Waals surface area contributed by atoms with Gasteiger partial charge >= 0.3 is 5.97 Å². The fourth-order valence-electron chi connectivity index (χ4n) is 1.16. The lowest BCUT2D eigenvalue weighted by molar-refractivity contribution is -0.148. The number of carboxylic acid groups (broad SMARTS) is 1. The Kier molecular flexibility index (Phi) is 2.05. The van der Waals surface area contributed by atoms with E-state index in [1.807, 2.05) is 0 Å². The third kappa shape index (κ3) is 1.62. The Hall–Kier alpha value is -2.08. The first-order valence-corrected chi connectivity index (χ1v) is 4.08.